The van der Waals surface area contributed by atoms with Crippen LogP contribution in [-0.4, -0.2) is 38.2 Å². The fraction of sp³-hybridized carbons (Fsp3) is 0.194. The summed E-state index contributed by atoms with van der Waals surface area (Å²) in [5, 5.41) is 0. The van der Waals surface area contributed by atoms with Crippen LogP contribution in [0.3, 0.4) is 0 Å². The number of hydrogen-bond donors (Lipinski definition) is 0. The third-order valence-electron chi connectivity index (χ3n) is 6.79. The first-order valence-electron chi connectivity index (χ1n) is 12.9. The molecule has 10 heteroatoms. The summed E-state index contributed by atoms with van der Waals surface area (Å²) in [4.78, 5) is 33.0. The number of benzene rings is 3. The van der Waals surface area contributed by atoms with Gasteiger partial charge in [0.15, 0.2) is 27.8 Å². The van der Waals surface area contributed by atoms with Crippen molar-refractivity contribution in [2.45, 2.75) is 13.0 Å². The molecule has 41 heavy (non-hydrogen) atoms. The Labute approximate surface area is 239 Å². The maximum absolute atomic E-state index is 14.1. The highest BCUT2D eigenvalue weighted by Crippen LogP contribution is 2.40. The Morgan fingerprint density at radius 3 is 2.56 bits per heavy atom. The maximum atomic E-state index is 14.1. The van der Waals surface area contributed by atoms with E-state index in [9.17, 15) is 9.59 Å². The van der Waals surface area contributed by atoms with Crippen LogP contribution in [0.4, 0.5) is 0 Å². The molecule has 3 heterocycles. The molecule has 0 fully saturated rings. The van der Waals surface area contributed by atoms with Gasteiger partial charge >= 0.3 is 5.97 Å². The third-order valence-corrected chi connectivity index (χ3v) is 7.77. The van der Waals surface area contributed by atoms with Crippen LogP contribution in [0, 0.1) is 0 Å². The van der Waals surface area contributed by atoms with E-state index in [0.29, 0.717) is 43.6 Å². The number of rotatable bonds is 7. The molecule has 0 N–H and O–H groups in total. The van der Waals surface area contributed by atoms with Crippen molar-refractivity contribution >= 4 is 29.1 Å². The second-order valence-electron chi connectivity index (χ2n) is 9.16. The van der Waals surface area contributed by atoms with Crippen LogP contribution in [0.15, 0.2) is 82.1 Å². The van der Waals surface area contributed by atoms with Crippen molar-refractivity contribution in [3.63, 3.8) is 0 Å². The largest absolute Gasteiger partial charge is 0.493 e. The van der Waals surface area contributed by atoms with Gasteiger partial charge in [-0.05, 0) is 48.4 Å². The minimum absolute atomic E-state index is 0.0999. The lowest BCUT2D eigenvalue weighted by molar-refractivity contribution is -0.138. The van der Waals surface area contributed by atoms with Gasteiger partial charge in [0.2, 0.25) is 6.79 Å². The molecule has 2 aliphatic heterocycles. The van der Waals surface area contributed by atoms with Gasteiger partial charge in [-0.25, -0.2) is 9.79 Å². The van der Waals surface area contributed by atoms with Gasteiger partial charge in [0.05, 0.1) is 42.7 Å². The summed E-state index contributed by atoms with van der Waals surface area (Å²) in [5.41, 5.74) is 2.58. The van der Waals surface area contributed by atoms with Crippen LogP contribution >= 0.6 is 11.3 Å². The average Bonchev–Trinajstić information content (AvgIpc) is 3.60. The number of thiazole rings is 1. The Morgan fingerprint density at radius 1 is 1.02 bits per heavy atom. The Morgan fingerprint density at radius 2 is 1.80 bits per heavy atom. The number of hydrogen-bond acceptors (Lipinski definition) is 9. The van der Waals surface area contributed by atoms with E-state index in [1.165, 1.54) is 11.3 Å². The number of carbonyl (C=O) groups excluding carboxylic acids is 1. The monoisotopic (exact) mass is 570 g/mol. The molecule has 4 aromatic rings. The van der Waals surface area contributed by atoms with Gasteiger partial charge < -0.3 is 23.7 Å². The first-order chi connectivity index (χ1) is 20.0. The number of esters is 1. The molecular formula is C31H26N2O7S. The topological polar surface area (TPSA) is 97.6 Å². The van der Waals surface area contributed by atoms with E-state index in [0.717, 1.165) is 11.1 Å². The standard InChI is InChI=1S/C31H26N2O7S/c1-4-38-30(35)26-27(19-8-6-5-7-9-19)32-31-33(28(26)20-11-13-22-24(16-20)40-17-39-22)29(34)25(41-31)15-18-10-12-21(36-2)23(14-18)37-3/h5-16,28H,4,17H2,1-3H3/b25-15-/t28-/m0/s1. The van der Waals surface area contributed by atoms with Gasteiger partial charge in [0, 0.05) is 5.56 Å². The molecule has 9 nitrogen and oxygen atoms in total. The van der Waals surface area contributed by atoms with E-state index in [1.54, 1.807) is 56.1 Å². The molecule has 1 atom stereocenters. The number of nitrogens with zero attached hydrogens (tertiary/aromatic N) is 2. The van der Waals surface area contributed by atoms with Crippen molar-refractivity contribution in [2.75, 3.05) is 27.6 Å². The van der Waals surface area contributed by atoms with Gasteiger partial charge in [-0.1, -0.05) is 53.8 Å². The van der Waals surface area contributed by atoms with Crippen molar-refractivity contribution in [1.29, 1.82) is 0 Å². The second-order valence-corrected chi connectivity index (χ2v) is 10.2. The first-order valence-corrected chi connectivity index (χ1v) is 13.7. The fourth-order valence-corrected chi connectivity index (χ4v) is 5.93. The molecule has 0 saturated heterocycles. The Balaban J connectivity index is 1.62. The number of fused-ring (bicyclic) bond motifs is 2. The van der Waals surface area contributed by atoms with Gasteiger partial charge in [0.1, 0.15) is 0 Å². The highest BCUT2D eigenvalue weighted by Gasteiger charge is 2.36. The summed E-state index contributed by atoms with van der Waals surface area (Å²) in [6.45, 7) is 2.01. The van der Waals surface area contributed by atoms with E-state index in [2.05, 4.69) is 0 Å². The minimum Gasteiger partial charge on any atom is -0.493 e. The molecule has 208 valence electrons. The van der Waals surface area contributed by atoms with Gasteiger partial charge in [-0.2, -0.15) is 0 Å². The average molecular weight is 571 g/mol. The van der Waals surface area contributed by atoms with Gasteiger partial charge in [-0.3, -0.25) is 9.36 Å². The van der Waals surface area contributed by atoms with Crippen molar-refractivity contribution < 1.29 is 28.5 Å². The van der Waals surface area contributed by atoms with E-state index < -0.39 is 12.0 Å². The SMILES string of the molecule is CCOC(=O)C1=C(c2ccccc2)N=c2s/c(=C\c3ccc(OC)c(OC)c3)c(=O)n2[C@H]1c1ccc2c(c1)OCO2. The summed E-state index contributed by atoms with van der Waals surface area (Å²) in [6, 6.07) is 19.4. The zero-order valence-corrected chi connectivity index (χ0v) is 23.4. The van der Waals surface area contributed by atoms with Crippen molar-refractivity contribution in [2.24, 2.45) is 4.99 Å². The summed E-state index contributed by atoms with van der Waals surface area (Å²) < 4.78 is 29.5. The second kappa shape index (κ2) is 11.0. The number of aromatic nitrogens is 1. The molecule has 0 amide bonds. The summed E-state index contributed by atoms with van der Waals surface area (Å²) in [7, 11) is 3.13. The van der Waals surface area contributed by atoms with E-state index in [-0.39, 0.29) is 24.5 Å². The number of ether oxygens (including phenoxy) is 5. The maximum Gasteiger partial charge on any atom is 0.338 e. The molecule has 0 radical (unpaired) electrons. The van der Waals surface area contributed by atoms with Crippen molar-refractivity contribution in [3.8, 4) is 23.0 Å². The molecule has 0 bridgehead atoms. The van der Waals surface area contributed by atoms with E-state index in [1.807, 2.05) is 42.5 Å². The zero-order chi connectivity index (χ0) is 28.5. The Bertz CT molecular complexity index is 1860. The molecule has 0 unspecified atom stereocenters. The lowest BCUT2D eigenvalue weighted by Crippen LogP contribution is -2.40. The molecule has 0 spiro atoms. The molecule has 0 aliphatic carbocycles. The van der Waals surface area contributed by atoms with Crippen LogP contribution in [0.1, 0.15) is 29.7 Å². The predicted octanol–water partition coefficient (Wildman–Crippen LogP) is 3.68. The van der Waals surface area contributed by atoms with Gasteiger partial charge in [-0.15, -0.1) is 0 Å². The lowest BCUT2D eigenvalue weighted by Gasteiger charge is -2.26. The molecule has 6 rings (SSSR count). The van der Waals surface area contributed by atoms with Crippen molar-refractivity contribution in [3.05, 3.63) is 109 Å². The number of methoxy groups -OCH3 is 2. The Kier molecular flexibility index (Phi) is 7.07. The van der Waals surface area contributed by atoms with Crippen LogP contribution in [0.25, 0.3) is 11.8 Å². The fourth-order valence-electron chi connectivity index (χ4n) is 4.93. The van der Waals surface area contributed by atoms with Crippen LogP contribution < -0.4 is 33.8 Å². The molecule has 3 aromatic carbocycles. The minimum atomic E-state index is -0.817. The first kappa shape index (κ1) is 26.4. The quantitative estimate of drug-likeness (QED) is 0.313. The zero-order valence-electron chi connectivity index (χ0n) is 22.6. The Hall–Kier alpha value is -4.83. The molecular weight excluding hydrogens is 544 g/mol. The van der Waals surface area contributed by atoms with Gasteiger partial charge in [0.25, 0.3) is 5.56 Å². The predicted molar refractivity (Wildman–Crippen MR) is 153 cm³/mol. The smallest absolute Gasteiger partial charge is 0.338 e. The normalized spacial score (nSPS) is 15.8. The van der Waals surface area contributed by atoms with Crippen LogP contribution in [0.5, 0.6) is 23.0 Å². The number of carbonyl (C=O) groups is 1. The molecule has 2 aliphatic rings. The van der Waals surface area contributed by atoms with E-state index >= 15 is 0 Å². The molecule has 1 aromatic heterocycles. The lowest BCUT2D eigenvalue weighted by atomic mass is 9.93. The van der Waals surface area contributed by atoms with Crippen LogP contribution in [-0.2, 0) is 9.53 Å². The van der Waals surface area contributed by atoms with E-state index in [4.69, 9.17) is 28.7 Å². The highest BCUT2D eigenvalue weighted by molar-refractivity contribution is 7.07. The van der Waals surface area contributed by atoms with Crippen LogP contribution in [0.2, 0.25) is 0 Å². The summed E-state index contributed by atoms with van der Waals surface area (Å²) in [5.74, 6) is 1.71. The summed E-state index contributed by atoms with van der Waals surface area (Å²) >= 11 is 1.24. The summed E-state index contributed by atoms with van der Waals surface area (Å²) in [6.07, 6.45) is 1.78. The third kappa shape index (κ3) is 4.76. The highest BCUT2D eigenvalue weighted by atomic mass is 32.1. The molecule has 0 saturated carbocycles. The van der Waals surface area contributed by atoms with Crippen molar-refractivity contribution in [1.82, 2.24) is 4.57 Å².